The van der Waals surface area contributed by atoms with Crippen LogP contribution in [0.15, 0.2) is 60.7 Å². The predicted octanol–water partition coefficient (Wildman–Crippen LogP) is 5.27. The molecular weight excluding hydrogens is 352 g/mol. The molecule has 0 aliphatic carbocycles. The molecule has 0 bridgehead atoms. The molecule has 0 amide bonds. The lowest BCUT2D eigenvalue weighted by Gasteiger charge is -2.16. The number of carboxylic acid groups (broad SMARTS) is 1. The average molecular weight is 376 g/mol. The van der Waals surface area contributed by atoms with Crippen molar-refractivity contribution < 1.29 is 19.7 Å². The van der Waals surface area contributed by atoms with Crippen LogP contribution in [0.5, 0.6) is 11.5 Å². The quantitative estimate of drug-likeness (QED) is 0.575. The summed E-state index contributed by atoms with van der Waals surface area (Å²) in [6.45, 7) is 3.87. The Morgan fingerprint density at radius 1 is 1.11 bits per heavy atom. The highest BCUT2D eigenvalue weighted by atomic mass is 16.5. The van der Waals surface area contributed by atoms with Crippen LogP contribution in [0.3, 0.4) is 0 Å². The molecule has 28 heavy (non-hydrogen) atoms. The average Bonchev–Trinajstić information content (AvgIpc) is 2.67. The number of carboxylic acids is 1. The fourth-order valence-electron chi connectivity index (χ4n) is 3.46. The van der Waals surface area contributed by atoms with Crippen LogP contribution in [-0.4, -0.2) is 23.3 Å². The number of allylic oxidation sites excluding steroid dienone is 1. The van der Waals surface area contributed by atoms with Crippen molar-refractivity contribution in [3.63, 3.8) is 0 Å². The SMILES string of the molecule is COc1cc(/C(=C/C(C)C)C(=O)O)c2cccc(Cc3ccccc3)c2c1O. The molecular formula is C24H24O4. The Hall–Kier alpha value is -3.27. The monoisotopic (exact) mass is 376 g/mol. The second kappa shape index (κ2) is 8.17. The molecule has 0 saturated carbocycles. The first-order valence-electron chi connectivity index (χ1n) is 9.23. The fraction of sp³-hybridized carbons (Fsp3) is 0.208. The molecule has 2 N–H and O–H groups in total. The van der Waals surface area contributed by atoms with Gasteiger partial charge in [0, 0.05) is 10.9 Å². The van der Waals surface area contributed by atoms with Crippen molar-refractivity contribution in [3.8, 4) is 11.5 Å². The fourth-order valence-corrected chi connectivity index (χ4v) is 3.46. The van der Waals surface area contributed by atoms with Crippen molar-refractivity contribution in [2.45, 2.75) is 20.3 Å². The second-order valence-electron chi connectivity index (χ2n) is 7.11. The summed E-state index contributed by atoms with van der Waals surface area (Å²) in [6.07, 6.45) is 2.34. The number of benzene rings is 3. The normalized spacial score (nSPS) is 11.8. The third-order valence-electron chi connectivity index (χ3n) is 4.66. The molecule has 0 aromatic heterocycles. The van der Waals surface area contributed by atoms with Crippen molar-refractivity contribution in [1.29, 1.82) is 0 Å². The maximum absolute atomic E-state index is 12.0. The highest BCUT2D eigenvalue weighted by Gasteiger charge is 2.21. The molecule has 0 aliphatic rings. The summed E-state index contributed by atoms with van der Waals surface area (Å²) in [5, 5.41) is 22.0. The molecule has 3 rings (SSSR count). The van der Waals surface area contributed by atoms with Gasteiger partial charge in [-0.3, -0.25) is 0 Å². The second-order valence-corrected chi connectivity index (χ2v) is 7.11. The Labute approximate surface area is 164 Å². The number of phenols is 1. The number of carbonyl (C=O) groups is 1. The third kappa shape index (κ3) is 3.86. The van der Waals surface area contributed by atoms with Gasteiger partial charge in [-0.25, -0.2) is 4.79 Å². The summed E-state index contributed by atoms with van der Waals surface area (Å²) < 4.78 is 5.36. The van der Waals surface area contributed by atoms with Crippen LogP contribution in [-0.2, 0) is 11.2 Å². The molecule has 0 radical (unpaired) electrons. The van der Waals surface area contributed by atoms with Gasteiger partial charge in [0.15, 0.2) is 11.5 Å². The number of hydrogen-bond acceptors (Lipinski definition) is 3. The number of rotatable bonds is 6. The van der Waals surface area contributed by atoms with Gasteiger partial charge in [-0.1, -0.05) is 68.5 Å². The smallest absolute Gasteiger partial charge is 0.336 e. The molecule has 3 aromatic carbocycles. The van der Waals surface area contributed by atoms with Gasteiger partial charge in [-0.05, 0) is 34.9 Å². The topological polar surface area (TPSA) is 66.8 Å². The first-order valence-corrected chi connectivity index (χ1v) is 9.23. The van der Waals surface area contributed by atoms with Gasteiger partial charge in [-0.15, -0.1) is 0 Å². The van der Waals surface area contributed by atoms with Gasteiger partial charge in [0.05, 0.1) is 12.7 Å². The van der Waals surface area contributed by atoms with E-state index in [2.05, 4.69) is 0 Å². The first kappa shape index (κ1) is 19.5. The molecule has 4 heteroatoms. The zero-order chi connectivity index (χ0) is 20.3. The first-order chi connectivity index (χ1) is 13.4. The summed E-state index contributed by atoms with van der Waals surface area (Å²) in [7, 11) is 1.47. The van der Waals surface area contributed by atoms with E-state index in [0.717, 1.165) is 11.1 Å². The zero-order valence-electron chi connectivity index (χ0n) is 16.3. The maximum Gasteiger partial charge on any atom is 0.336 e. The van der Waals surface area contributed by atoms with E-state index in [1.165, 1.54) is 7.11 Å². The zero-order valence-corrected chi connectivity index (χ0v) is 16.3. The van der Waals surface area contributed by atoms with E-state index in [1.54, 1.807) is 12.1 Å². The van der Waals surface area contributed by atoms with Crippen LogP contribution in [0.4, 0.5) is 0 Å². The lowest BCUT2D eigenvalue weighted by Crippen LogP contribution is -2.04. The molecule has 0 atom stereocenters. The van der Waals surface area contributed by atoms with Crippen molar-refractivity contribution in [1.82, 2.24) is 0 Å². The lowest BCUT2D eigenvalue weighted by molar-refractivity contribution is -0.130. The molecule has 4 nitrogen and oxygen atoms in total. The third-order valence-corrected chi connectivity index (χ3v) is 4.66. The number of hydrogen-bond donors (Lipinski definition) is 2. The number of fused-ring (bicyclic) bond motifs is 1. The summed E-state index contributed by atoms with van der Waals surface area (Å²) in [4.78, 5) is 12.0. The molecule has 0 saturated heterocycles. The minimum Gasteiger partial charge on any atom is -0.504 e. The van der Waals surface area contributed by atoms with Crippen molar-refractivity contribution >= 4 is 22.3 Å². The van der Waals surface area contributed by atoms with E-state index in [-0.39, 0.29) is 23.0 Å². The lowest BCUT2D eigenvalue weighted by atomic mass is 9.91. The number of aliphatic carboxylic acids is 1. The number of aromatic hydroxyl groups is 1. The number of methoxy groups -OCH3 is 1. The van der Waals surface area contributed by atoms with E-state index in [0.29, 0.717) is 22.8 Å². The van der Waals surface area contributed by atoms with Gasteiger partial charge in [-0.2, -0.15) is 0 Å². The molecule has 3 aromatic rings. The van der Waals surface area contributed by atoms with Crippen LogP contribution in [0.25, 0.3) is 16.3 Å². The van der Waals surface area contributed by atoms with Crippen molar-refractivity contribution in [2.75, 3.05) is 7.11 Å². The van der Waals surface area contributed by atoms with Gasteiger partial charge in [0.2, 0.25) is 0 Å². The Kier molecular flexibility index (Phi) is 5.69. The maximum atomic E-state index is 12.0. The molecule has 144 valence electrons. The summed E-state index contributed by atoms with van der Waals surface area (Å²) in [5.41, 5.74) is 2.77. The van der Waals surface area contributed by atoms with Gasteiger partial charge in [0.1, 0.15) is 0 Å². The molecule has 0 heterocycles. The molecule has 0 fully saturated rings. The van der Waals surface area contributed by atoms with Crippen molar-refractivity contribution in [2.24, 2.45) is 5.92 Å². The Bertz CT molecular complexity index is 1030. The van der Waals surface area contributed by atoms with Crippen LogP contribution in [0.1, 0.15) is 30.5 Å². The summed E-state index contributed by atoms with van der Waals surface area (Å²) in [6, 6.07) is 17.2. The highest BCUT2D eigenvalue weighted by molar-refractivity contribution is 6.20. The van der Waals surface area contributed by atoms with Crippen LogP contribution < -0.4 is 4.74 Å². The highest BCUT2D eigenvalue weighted by Crippen LogP contribution is 2.42. The predicted molar refractivity (Wildman–Crippen MR) is 112 cm³/mol. The van der Waals surface area contributed by atoms with Gasteiger partial charge in [0.25, 0.3) is 0 Å². The largest absolute Gasteiger partial charge is 0.504 e. The van der Waals surface area contributed by atoms with Gasteiger partial charge < -0.3 is 14.9 Å². The number of phenolic OH excluding ortho intramolecular Hbond substituents is 1. The Balaban J connectivity index is 2.31. The standard InChI is InChI=1S/C24H24O4/c1-15(2)12-20(24(26)27)19-14-21(28-3)23(25)22-17(10-7-11-18(19)22)13-16-8-5-4-6-9-16/h4-12,14-15,25H,13H2,1-3H3,(H,26,27)/b20-12-. The molecule has 0 unspecified atom stereocenters. The number of ether oxygens (including phenoxy) is 1. The summed E-state index contributed by atoms with van der Waals surface area (Å²) >= 11 is 0. The van der Waals surface area contributed by atoms with E-state index < -0.39 is 5.97 Å². The summed E-state index contributed by atoms with van der Waals surface area (Å²) in [5.74, 6) is -0.648. The minimum atomic E-state index is -1.00. The van der Waals surface area contributed by atoms with Crippen LogP contribution in [0.2, 0.25) is 0 Å². The Morgan fingerprint density at radius 2 is 1.82 bits per heavy atom. The van der Waals surface area contributed by atoms with E-state index in [9.17, 15) is 15.0 Å². The van der Waals surface area contributed by atoms with Crippen LogP contribution >= 0.6 is 0 Å². The minimum absolute atomic E-state index is 0.0297. The van der Waals surface area contributed by atoms with E-state index >= 15 is 0 Å². The Morgan fingerprint density at radius 3 is 2.43 bits per heavy atom. The van der Waals surface area contributed by atoms with Gasteiger partial charge >= 0.3 is 5.97 Å². The molecule has 0 spiro atoms. The molecule has 0 aliphatic heterocycles. The van der Waals surface area contributed by atoms with Crippen LogP contribution in [0, 0.1) is 5.92 Å². The van der Waals surface area contributed by atoms with E-state index in [4.69, 9.17) is 4.74 Å². The van der Waals surface area contributed by atoms with E-state index in [1.807, 2.05) is 62.4 Å². The van der Waals surface area contributed by atoms with Crippen molar-refractivity contribution in [3.05, 3.63) is 77.4 Å².